The monoisotopic (exact) mass is 251 g/mol. The summed E-state index contributed by atoms with van der Waals surface area (Å²) in [5.74, 6) is -0.236. The molecular formula is C10H19ClFN3O. The molecule has 94 valence electrons. The Morgan fingerprint density at radius 3 is 2.69 bits per heavy atom. The van der Waals surface area contributed by atoms with Crippen LogP contribution in [0.25, 0.3) is 0 Å². The van der Waals surface area contributed by atoms with Crippen LogP contribution < -0.4 is 5.32 Å². The van der Waals surface area contributed by atoms with E-state index >= 15 is 0 Å². The fourth-order valence-electron chi connectivity index (χ4n) is 1.39. The molecule has 1 aromatic heterocycles. The van der Waals surface area contributed by atoms with Crippen LogP contribution in [0.5, 0.6) is 0 Å². The lowest BCUT2D eigenvalue weighted by Gasteiger charge is -2.03. The van der Waals surface area contributed by atoms with Gasteiger partial charge in [-0.3, -0.25) is 0 Å². The lowest BCUT2D eigenvalue weighted by molar-refractivity contribution is 0.199. The van der Waals surface area contributed by atoms with Crippen LogP contribution in [0, 0.1) is 12.9 Å². The van der Waals surface area contributed by atoms with Gasteiger partial charge in [-0.2, -0.15) is 9.49 Å². The first-order valence-electron chi connectivity index (χ1n) is 5.12. The van der Waals surface area contributed by atoms with Crippen LogP contribution in [0.1, 0.15) is 18.2 Å². The highest BCUT2D eigenvalue weighted by Crippen LogP contribution is 2.11. The lowest BCUT2D eigenvalue weighted by atomic mass is 10.2. The molecule has 0 aromatic carbocycles. The maximum atomic E-state index is 13.6. The maximum Gasteiger partial charge on any atom is 0.216 e. The Balaban J connectivity index is 0.00000225. The van der Waals surface area contributed by atoms with Gasteiger partial charge < -0.3 is 10.1 Å². The van der Waals surface area contributed by atoms with Gasteiger partial charge in [0, 0.05) is 32.3 Å². The van der Waals surface area contributed by atoms with Gasteiger partial charge in [0.25, 0.3) is 0 Å². The molecule has 0 bridgehead atoms. The largest absolute Gasteiger partial charge is 0.383 e. The quantitative estimate of drug-likeness (QED) is 0.779. The van der Waals surface area contributed by atoms with E-state index in [1.807, 2.05) is 13.8 Å². The summed E-state index contributed by atoms with van der Waals surface area (Å²) in [6.45, 7) is 6.10. The highest BCUT2D eigenvalue weighted by atomic mass is 35.5. The predicted octanol–water partition coefficient (Wildman–Crippen LogP) is 1.51. The first-order valence-corrected chi connectivity index (χ1v) is 5.12. The molecule has 0 amide bonds. The Bertz CT molecular complexity index is 317. The highest BCUT2D eigenvalue weighted by Gasteiger charge is 2.12. The molecule has 0 saturated carbocycles. The number of rotatable bonds is 6. The predicted molar refractivity (Wildman–Crippen MR) is 63.4 cm³/mol. The minimum atomic E-state index is -0.236. The number of aromatic nitrogens is 2. The number of ether oxygens (including phenoxy) is 1. The average Bonchev–Trinajstić information content (AvgIpc) is 2.50. The number of aryl methyl sites for hydroxylation is 2. The van der Waals surface area contributed by atoms with Crippen molar-refractivity contribution in [1.29, 1.82) is 0 Å². The van der Waals surface area contributed by atoms with Crippen LogP contribution in [-0.2, 0) is 17.8 Å². The molecule has 0 radical (unpaired) electrons. The van der Waals surface area contributed by atoms with Crippen LogP contribution in [0.4, 0.5) is 4.39 Å². The van der Waals surface area contributed by atoms with E-state index < -0.39 is 0 Å². The first-order chi connectivity index (χ1) is 7.20. The second-order valence-electron chi connectivity index (χ2n) is 3.34. The van der Waals surface area contributed by atoms with Gasteiger partial charge in [-0.05, 0) is 13.8 Å². The number of halogens is 2. The van der Waals surface area contributed by atoms with Gasteiger partial charge in [-0.15, -0.1) is 12.4 Å². The minimum Gasteiger partial charge on any atom is -0.383 e. The Hall–Kier alpha value is -0.650. The molecular weight excluding hydrogens is 233 g/mol. The van der Waals surface area contributed by atoms with Gasteiger partial charge in [-0.1, -0.05) is 0 Å². The summed E-state index contributed by atoms with van der Waals surface area (Å²) in [4.78, 5) is 0. The van der Waals surface area contributed by atoms with E-state index in [0.717, 1.165) is 5.69 Å². The van der Waals surface area contributed by atoms with Crippen LogP contribution in [0.2, 0.25) is 0 Å². The van der Waals surface area contributed by atoms with Crippen molar-refractivity contribution < 1.29 is 9.13 Å². The normalized spacial score (nSPS) is 10.2. The van der Waals surface area contributed by atoms with E-state index in [1.54, 1.807) is 7.11 Å². The Morgan fingerprint density at radius 2 is 2.19 bits per heavy atom. The molecule has 1 rings (SSSR count). The van der Waals surface area contributed by atoms with E-state index in [9.17, 15) is 4.39 Å². The smallest absolute Gasteiger partial charge is 0.216 e. The van der Waals surface area contributed by atoms with Crippen molar-refractivity contribution in [3.63, 3.8) is 0 Å². The number of hydrogen-bond acceptors (Lipinski definition) is 3. The molecule has 1 heterocycles. The number of nitrogens with zero attached hydrogens (tertiary/aromatic N) is 2. The summed E-state index contributed by atoms with van der Waals surface area (Å²) >= 11 is 0. The van der Waals surface area contributed by atoms with Gasteiger partial charge in [0.2, 0.25) is 5.95 Å². The maximum absolute atomic E-state index is 13.6. The highest BCUT2D eigenvalue weighted by molar-refractivity contribution is 5.85. The van der Waals surface area contributed by atoms with Gasteiger partial charge in [-0.25, -0.2) is 4.68 Å². The zero-order valence-electron chi connectivity index (χ0n) is 9.92. The summed E-state index contributed by atoms with van der Waals surface area (Å²) in [6, 6.07) is 0. The molecule has 0 aliphatic heterocycles. The second kappa shape index (κ2) is 7.60. The number of nitrogens with one attached hydrogen (secondary N) is 1. The van der Waals surface area contributed by atoms with Crippen molar-refractivity contribution in [2.45, 2.75) is 26.9 Å². The van der Waals surface area contributed by atoms with Crippen molar-refractivity contribution in [1.82, 2.24) is 15.1 Å². The Labute approximate surface area is 102 Å². The third-order valence-corrected chi connectivity index (χ3v) is 2.27. The molecule has 0 spiro atoms. The van der Waals surface area contributed by atoms with Gasteiger partial charge in [0.1, 0.15) is 0 Å². The molecule has 1 aromatic rings. The fourth-order valence-corrected chi connectivity index (χ4v) is 1.39. The number of methoxy groups -OCH3 is 1. The molecule has 4 nitrogen and oxygen atoms in total. The molecule has 0 aliphatic carbocycles. The standard InChI is InChI=1S/C10H18FN3O.ClH/c1-4-14-10(11)9(8(2)13-14)7-12-5-6-15-3;/h12H,4-7H2,1-3H3;1H. The molecule has 0 unspecified atom stereocenters. The summed E-state index contributed by atoms with van der Waals surface area (Å²) in [7, 11) is 1.64. The van der Waals surface area contributed by atoms with E-state index in [1.165, 1.54) is 4.68 Å². The number of hydrogen-bond donors (Lipinski definition) is 1. The zero-order chi connectivity index (χ0) is 11.3. The van der Waals surface area contributed by atoms with Crippen molar-refractivity contribution in [3.05, 3.63) is 17.2 Å². The third kappa shape index (κ3) is 3.73. The SMILES string of the molecule is CCn1nc(C)c(CNCCOC)c1F.Cl. The molecule has 6 heteroatoms. The lowest BCUT2D eigenvalue weighted by Crippen LogP contribution is -2.19. The minimum absolute atomic E-state index is 0. The van der Waals surface area contributed by atoms with E-state index in [0.29, 0.717) is 31.8 Å². The molecule has 0 saturated heterocycles. The fraction of sp³-hybridized carbons (Fsp3) is 0.700. The van der Waals surface area contributed by atoms with Gasteiger partial charge in [0.05, 0.1) is 12.3 Å². The van der Waals surface area contributed by atoms with E-state index in [-0.39, 0.29) is 18.4 Å². The molecule has 0 fully saturated rings. The summed E-state index contributed by atoms with van der Waals surface area (Å²) in [5, 5.41) is 7.20. The average molecular weight is 252 g/mol. The van der Waals surface area contributed by atoms with Gasteiger partial charge in [0.15, 0.2) is 0 Å². The van der Waals surface area contributed by atoms with Crippen LogP contribution in [-0.4, -0.2) is 30.0 Å². The van der Waals surface area contributed by atoms with Crippen molar-refractivity contribution >= 4 is 12.4 Å². The van der Waals surface area contributed by atoms with Crippen LogP contribution in [0.3, 0.4) is 0 Å². The molecule has 0 aliphatic rings. The van der Waals surface area contributed by atoms with Crippen LogP contribution in [0.15, 0.2) is 0 Å². The van der Waals surface area contributed by atoms with Crippen LogP contribution >= 0.6 is 12.4 Å². The first kappa shape index (κ1) is 15.3. The summed E-state index contributed by atoms with van der Waals surface area (Å²) < 4.78 is 19.9. The Morgan fingerprint density at radius 1 is 1.50 bits per heavy atom. The molecule has 1 N–H and O–H groups in total. The molecule has 0 atom stereocenters. The van der Waals surface area contributed by atoms with Crippen molar-refractivity contribution in [3.8, 4) is 0 Å². The summed E-state index contributed by atoms with van der Waals surface area (Å²) in [6.07, 6.45) is 0. The van der Waals surface area contributed by atoms with E-state index in [4.69, 9.17) is 4.74 Å². The zero-order valence-corrected chi connectivity index (χ0v) is 10.7. The molecule has 16 heavy (non-hydrogen) atoms. The van der Waals surface area contributed by atoms with E-state index in [2.05, 4.69) is 10.4 Å². The third-order valence-electron chi connectivity index (χ3n) is 2.27. The van der Waals surface area contributed by atoms with Gasteiger partial charge >= 0.3 is 0 Å². The Kier molecular flexibility index (Phi) is 7.29. The topological polar surface area (TPSA) is 39.1 Å². The summed E-state index contributed by atoms with van der Waals surface area (Å²) in [5.41, 5.74) is 1.40. The second-order valence-corrected chi connectivity index (χ2v) is 3.34. The van der Waals surface area contributed by atoms with Crippen molar-refractivity contribution in [2.24, 2.45) is 0 Å². The van der Waals surface area contributed by atoms with Crippen molar-refractivity contribution in [2.75, 3.05) is 20.3 Å².